The summed E-state index contributed by atoms with van der Waals surface area (Å²) in [5.41, 5.74) is 17.9. The van der Waals surface area contributed by atoms with Crippen LogP contribution in [0.5, 0.6) is 0 Å². The lowest BCUT2D eigenvalue weighted by Crippen LogP contribution is -3.33. The van der Waals surface area contributed by atoms with Crippen molar-refractivity contribution in [2.45, 2.75) is 60.4 Å². The van der Waals surface area contributed by atoms with Crippen molar-refractivity contribution in [3.05, 3.63) is 0 Å². The van der Waals surface area contributed by atoms with Gasteiger partial charge in [0.2, 0.25) is 0 Å². The molecule has 4 N–H and O–H groups in total. The van der Waals surface area contributed by atoms with Gasteiger partial charge in [0.1, 0.15) is 17.8 Å². The van der Waals surface area contributed by atoms with Crippen LogP contribution < -0.4 is 21.9 Å². The molecule has 0 aromatic rings. The van der Waals surface area contributed by atoms with Crippen LogP contribution in [0, 0.1) is 120 Å². The quantitative estimate of drug-likeness (QED) is 0.272. The highest BCUT2D eigenvalue weighted by atomic mass is 32.2. The summed E-state index contributed by atoms with van der Waals surface area (Å²) in [6.07, 6.45) is 7.80. The van der Waals surface area contributed by atoms with Crippen molar-refractivity contribution < 1.29 is 19.4 Å². The molecule has 1 saturated heterocycles. The Morgan fingerprint density at radius 2 is 1.49 bits per heavy atom. The summed E-state index contributed by atoms with van der Waals surface area (Å²) in [5.74, 6) is 11.3. The molecule has 45 heavy (non-hydrogen) atoms. The molecular weight excluding hydrogens is 584 g/mol. The summed E-state index contributed by atoms with van der Waals surface area (Å²) < 4.78 is 0. The van der Waals surface area contributed by atoms with Gasteiger partial charge < -0.3 is 0 Å². The standard InChI is InChI=1S/C36H44N4O4S/c1-37-41-10-18(42-38-2)15-6-16-22-23-24-26-35-29-13(11-5-12-14-9-21(45-26)31(14,35)28(11,12)29)7-20(29)32(24,35)34(23)33(22)27(15,16)19-8-17-25(43-39-3)36(34,44-40-4)30(17,19)33/h11-26,37-40H,5-10H2,1-4H3. The topological polar surface area (TPSA) is 85.0 Å². The molecular formula is C36H44N4O4S. The Morgan fingerprint density at radius 1 is 0.667 bits per heavy atom. The summed E-state index contributed by atoms with van der Waals surface area (Å²) in [7, 11) is 7.92. The van der Waals surface area contributed by atoms with Gasteiger partial charge in [-0.15, -0.1) is 0 Å². The van der Waals surface area contributed by atoms with E-state index < -0.39 is 0 Å². The fourth-order valence-corrected chi connectivity index (χ4v) is 29.4. The van der Waals surface area contributed by atoms with E-state index in [4.69, 9.17) is 19.4 Å². The van der Waals surface area contributed by atoms with Crippen LogP contribution in [0.1, 0.15) is 32.1 Å². The van der Waals surface area contributed by atoms with Gasteiger partial charge in [0.05, 0.1) is 6.61 Å². The molecule has 16 aliphatic carbocycles. The second kappa shape index (κ2) is 5.39. The molecule has 1 aliphatic heterocycles. The zero-order valence-corrected chi connectivity index (χ0v) is 27.3. The van der Waals surface area contributed by atoms with Gasteiger partial charge in [0.15, 0.2) is 0 Å². The Morgan fingerprint density at radius 3 is 2.29 bits per heavy atom. The molecule has 0 bridgehead atoms. The Hall–Kier alpha value is 0.0300. The third kappa shape index (κ3) is 1.06. The van der Waals surface area contributed by atoms with Crippen LogP contribution >= 0.6 is 11.8 Å². The van der Waals surface area contributed by atoms with Gasteiger partial charge in [0.25, 0.3) is 0 Å². The van der Waals surface area contributed by atoms with Crippen LogP contribution in [0.25, 0.3) is 0 Å². The van der Waals surface area contributed by atoms with Crippen LogP contribution in [0.3, 0.4) is 0 Å². The van der Waals surface area contributed by atoms with E-state index in [1.165, 1.54) is 12.8 Å². The Kier molecular flexibility index (Phi) is 2.81. The lowest BCUT2D eigenvalue weighted by Gasteiger charge is -3.31. The summed E-state index contributed by atoms with van der Waals surface area (Å²) in [4.78, 5) is 26.5. The molecule has 238 valence electrons. The second-order valence-corrected chi connectivity index (χ2v) is 21.4. The zero-order valence-electron chi connectivity index (χ0n) is 26.5. The van der Waals surface area contributed by atoms with Crippen molar-refractivity contribution >= 4 is 11.8 Å². The zero-order chi connectivity index (χ0) is 28.8. The van der Waals surface area contributed by atoms with Crippen molar-refractivity contribution in [2.24, 2.45) is 120 Å². The van der Waals surface area contributed by atoms with Gasteiger partial charge in [-0.2, -0.15) is 11.8 Å². The average Bonchev–Trinajstić information content (AvgIpc) is 3.19. The number of hydrogen-bond acceptors (Lipinski definition) is 9. The number of thioether (sulfide) groups is 1. The third-order valence-corrected chi connectivity index (χ3v) is 25.5. The minimum atomic E-state index is -0.139. The van der Waals surface area contributed by atoms with E-state index in [-0.39, 0.29) is 17.8 Å². The first-order valence-corrected chi connectivity index (χ1v) is 20.0. The highest BCUT2D eigenvalue weighted by Gasteiger charge is 3.35. The number of nitrogens with one attached hydrogen (secondary N) is 4. The predicted molar refractivity (Wildman–Crippen MR) is 158 cm³/mol. The molecule has 9 spiro atoms. The summed E-state index contributed by atoms with van der Waals surface area (Å²) in [6.45, 7) is 0.627. The SMILES string of the molecule is CNOCC(ONC)C1CC2C3C4C5C6SC7CC8C9CC%10C%11CC%12C%11%13C9%10C78C6%13C5%12C45C4(ONC)C(ONC)C6CC7C12C35C674. The van der Waals surface area contributed by atoms with Crippen LogP contribution in [-0.4, -0.2) is 63.1 Å². The van der Waals surface area contributed by atoms with E-state index >= 15 is 0 Å². The normalized spacial score (nSPS) is 85.7. The lowest BCUT2D eigenvalue weighted by atomic mass is 8.71. The smallest absolute Gasteiger partial charge is 0.132 e. The minimum Gasteiger partial charge on any atom is -0.299 e. The molecule has 17 aliphatic rings. The molecule has 0 aromatic carbocycles. The molecule has 1 heterocycles. The van der Waals surface area contributed by atoms with E-state index in [9.17, 15) is 0 Å². The predicted octanol–water partition coefficient (Wildman–Crippen LogP) is 1.99. The molecule has 26 unspecified atom stereocenters. The van der Waals surface area contributed by atoms with Crippen molar-refractivity contribution in [2.75, 3.05) is 34.8 Å². The number of hydroxylamine groups is 4. The van der Waals surface area contributed by atoms with Gasteiger partial charge in [0, 0.05) is 54.9 Å². The maximum atomic E-state index is 7.37. The monoisotopic (exact) mass is 628 g/mol. The van der Waals surface area contributed by atoms with Gasteiger partial charge >= 0.3 is 0 Å². The number of rotatable bonds is 10. The van der Waals surface area contributed by atoms with E-state index in [0.29, 0.717) is 50.9 Å². The summed E-state index contributed by atoms with van der Waals surface area (Å²) in [5, 5.41) is 2.02. The average molecular weight is 629 g/mol. The van der Waals surface area contributed by atoms with Crippen LogP contribution in [0.15, 0.2) is 0 Å². The molecule has 0 aromatic heterocycles. The maximum absolute atomic E-state index is 7.37. The maximum Gasteiger partial charge on any atom is 0.132 e. The van der Waals surface area contributed by atoms with Crippen molar-refractivity contribution in [3.63, 3.8) is 0 Å². The highest BCUT2D eigenvalue weighted by Crippen LogP contribution is 3.35. The molecule has 8 nitrogen and oxygen atoms in total. The Balaban J connectivity index is 0.924. The molecule has 9 heteroatoms. The number of hydrogen-bond donors (Lipinski definition) is 4. The van der Waals surface area contributed by atoms with Crippen molar-refractivity contribution in [1.82, 2.24) is 21.9 Å². The highest BCUT2D eigenvalue weighted by molar-refractivity contribution is 8.01. The molecule has 26 atom stereocenters. The van der Waals surface area contributed by atoms with Gasteiger partial charge in [-0.05, 0) is 136 Å². The van der Waals surface area contributed by atoms with Crippen LogP contribution in [0.2, 0.25) is 0 Å². The number of fused-ring (bicyclic) bond motifs is 6. The summed E-state index contributed by atoms with van der Waals surface area (Å²) >= 11 is 2.62. The van der Waals surface area contributed by atoms with Crippen molar-refractivity contribution in [1.29, 1.82) is 0 Å². The first-order chi connectivity index (χ1) is 22.1. The fraction of sp³-hybridized carbons (Fsp3) is 1.00. The molecule has 17 rings (SSSR count). The van der Waals surface area contributed by atoms with Gasteiger partial charge in [-0.25, -0.2) is 21.9 Å². The van der Waals surface area contributed by atoms with E-state index in [2.05, 4.69) is 40.7 Å². The largest absolute Gasteiger partial charge is 0.299 e. The first kappa shape index (κ1) is 23.4. The minimum absolute atomic E-state index is 0.107. The molecule has 16 saturated carbocycles. The summed E-state index contributed by atoms with van der Waals surface area (Å²) in [6, 6.07) is 0. The van der Waals surface area contributed by atoms with Crippen molar-refractivity contribution in [3.8, 4) is 0 Å². The van der Waals surface area contributed by atoms with E-state index in [1.807, 2.05) is 21.1 Å². The van der Waals surface area contributed by atoms with Gasteiger partial charge in [-0.3, -0.25) is 19.4 Å². The third-order valence-electron chi connectivity index (χ3n) is 23.6. The van der Waals surface area contributed by atoms with Crippen LogP contribution in [-0.2, 0) is 19.4 Å². The molecule has 17 fully saturated rings. The van der Waals surface area contributed by atoms with E-state index in [1.54, 1.807) is 19.3 Å². The lowest BCUT2D eigenvalue weighted by molar-refractivity contribution is -0.867. The second-order valence-electron chi connectivity index (χ2n) is 20.0. The van der Waals surface area contributed by atoms with E-state index in [0.717, 1.165) is 85.9 Å². The molecule has 0 radical (unpaired) electrons. The van der Waals surface area contributed by atoms with Gasteiger partial charge in [-0.1, -0.05) is 0 Å². The van der Waals surface area contributed by atoms with Crippen LogP contribution in [0.4, 0.5) is 0 Å². The fourth-order valence-electron chi connectivity index (χ4n) is 26.6. The Labute approximate surface area is 267 Å². The Bertz CT molecular complexity index is 1740. The first-order valence-electron chi connectivity index (χ1n) is 19.1. The molecule has 0 amide bonds.